The highest BCUT2D eigenvalue weighted by Gasteiger charge is 2.38. The minimum absolute atomic E-state index is 0.0519. The Balaban J connectivity index is 1.75. The molecule has 2 fully saturated rings. The molecule has 0 spiro atoms. The number of rotatable bonds is 4. The Labute approximate surface area is 112 Å². The molecular formula is C15H18FNO2. The van der Waals surface area contributed by atoms with Crippen molar-refractivity contribution in [2.24, 2.45) is 5.92 Å². The van der Waals surface area contributed by atoms with Gasteiger partial charge < -0.3 is 4.74 Å². The van der Waals surface area contributed by atoms with Crippen LogP contribution in [0.4, 0.5) is 4.39 Å². The second-order valence-corrected chi connectivity index (χ2v) is 5.53. The third-order valence-corrected chi connectivity index (χ3v) is 4.33. The van der Waals surface area contributed by atoms with Gasteiger partial charge in [-0.3, -0.25) is 9.69 Å². The number of ketones is 1. The summed E-state index contributed by atoms with van der Waals surface area (Å²) in [5.41, 5.74) is 0.352. The standard InChI is InChI=1S/C15H18FNO2/c1-19-15-5-3-11(16)7-13(15)14(18)9-17-8-10-2-4-12(17)6-10/h3,5,7,10,12H,2,4,6,8-9H2,1H3. The van der Waals surface area contributed by atoms with Crippen molar-refractivity contribution in [3.8, 4) is 5.75 Å². The van der Waals surface area contributed by atoms with Gasteiger partial charge in [-0.25, -0.2) is 4.39 Å². The van der Waals surface area contributed by atoms with Gasteiger partial charge in [0.1, 0.15) is 11.6 Å². The van der Waals surface area contributed by atoms with E-state index in [0.717, 1.165) is 12.5 Å². The normalized spacial score (nSPS) is 25.8. The van der Waals surface area contributed by atoms with Crippen molar-refractivity contribution >= 4 is 5.78 Å². The van der Waals surface area contributed by atoms with E-state index in [1.54, 1.807) is 0 Å². The summed E-state index contributed by atoms with van der Waals surface area (Å²) in [4.78, 5) is 14.6. The number of piperidine rings is 1. The van der Waals surface area contributed by atoms with Crippen LogP contribution in [0.3, 0.4) is 0 Å². The highest BCUT2D eigenvalue weighted by molar-refractivity contribution is 6.00. The van der Waals surface area contributed by atoms with E-state index in [-0.39, 0.29) is 5.78 Å². The van der Waals surface area contributed by atoms with Crippen molar-refractivity contribution in [1.29, 1.82) is 0 Å². The number of nitrogens with zero attached hydrogens (tertiary/aromatic N) is 1. The van der Waals surface area contributed by atoms with Crippen LogP contribution in [0, 0.1) is 11.7 Å². The third kappa shape index (κ3) is 2.37. The number of ether oxygens (including phenoxy) is 1. The number of Topliss-reactive ketones (excluding diaryl/α,β-unsaturated/α-hetero) is 1. The van der Waals surface area contributed by atoms with Gasteiger partial charge in [-0.05, 0) is 43.4 Å². The average molecular weight is 263 g/mol. The van der Waals surface area contributed by atoms with Crippen LogP contribution < -0.4 is 4.74 Å². The van der Waals surface area contributed by atoms with E-state index in [4.69, 9.17) is 4.74 Å². The number of carbonyl (C=O) groups excluding carboxylic acids is 1. The molecule has 1 aliphatic heterocycles. The molecule has 1 saturated carbocycles. The molecule has 0 N–H and O–H groups in total. The number of hydrogen-bond donors (Lipinski definition) is 0. The summed E-state index contributed by atoms with van der Waals surface area (Å²) >= 11 is 0. The lowest BCUT2D eigenvalue weighted by Gasteiger charge is -2.26. The first-order chi connectivity index (χ1) is 9.17. The predicted molar refractivity (Wildman–Crippen MR) is 70.0 cm³/mol. The van der Waals surface area contributed by atoms with E-state index in [1.165, 1.54) is 44.6 Å². The zero-order valence-corrected chi connectivity index (χ0v) is 11.1. The fraction of sp³-hybridized carbons (Fsp3) is 0.533. The van der Waals surface area contributed by atoms with Crippen molar-refractivity contribution < 1.29 is 13.9 Å². The number of methoxy groups -OCH3 is 1. The van der Waals surface area contributed by atoms with Crippen LogP contribution in [0.1, 0.15) is 29.6 Å². The summed E-state index contributed by atoms with van der Waals surface area (Å²) in [6.45, 7) is 1.38. The first-order valence-electron chi connectivity index (χ1n) is 6.78. The molecule has 1 heterocycles. The van der Waals surface area contributed by atoms with Crippen LogP contribution in [0.25, 0.3) is 0 Å². The van der Waals surface area contributed by atoms with Gasteiger partial charge in [-0.1, -0.05) is 0 Å². The minimum atomic E-state index is -0.396. The molecule has 19 heavy (non-hydrogen) atoms. The average Bonchev–Trinajstić information content (AvgIpc) is 3.01. The molecule has 2 unspecified atom stereocenters. The molecule has 1 saturated heterocycles. The lowest BCUT2D eigenvalue weighted by atomic mass is 10.1. The maximum absolute atomic E-state index is 13.3. The van der Waals surface area contributed by atoms with Gasteiger partial charge in [0.05, 0.1) is 19.2 Å². The Morgan fingerprint density at radius 1 is 1.47 bits per heavy atom. The molecule has 2 aliphatic rings. The molecule has 2 atom stereocenters. The summed E-state index contributed by atoms with van der Waals surface area (Å²) in [6, 6.07) is 4.65. The van der Waals surface area contributed by atoms with Crippen molar-refractivity contribution in [1.82, 2.24) is 4.90 Å². The topological polar surface area (TPSA) is 29.5 Å². The summed E-state index contributed by atoms with van der Waals surface area (Å²) in [5, 5.41) is 0. The highest BCUT2D eigenvalue weighted by atomic mass is 19.1. The molecule has 1 aromatic carbocycles. The van der Waals surface area contributed by atoms with Gasteiger partial charge in [0.15, 0.2) is 5.78 Å². The zero-order chi connectivity index (χ0) is 13.4. The fourth-order valence-corrected chi connectivity index (χ4v) is 3.39. The van der Waals surface area contributed by atoms with Crippen LogP contribution in [-0.4, -0.2) is 36.9 Å². The van der Waals surface area contributed by atoms with Crippen LogP contribution in [0.2, 0.25) is 0 Å². The van der Waals surface area contributed by atoms with Crippen molar-refractivity contribution in [3.63, 3.8) is 0 Å². The number of hydrogen-bond acceptors (Lipinski definition) is 3. The Bertz CT molecular complexity index is 503. The molecule has 0 amide bonds. The first kappa shape index (κ1) is 12.6. The number of fused-ring (bicyclic) bond motifs is 2. The van der Waals surface area contributed by atoms with E-state index in [2.05, 4.69) is 4.90 Å². The van der Waals surface area contributed by atoms with E-state index < -0.39 is 5.82 Å². The van der Waals surface area contributed by atoms with E-state index in [0.29, 0.717) is 23.9 Å². The molecule has 1 aliphatic carbocycles. The molecular weight excluding hydrogens is 245 g/mol. The second-order valence-electron chi connectivity index (χ2n) is 5.53. The van der Waals surface area contributed by atoms with Gasteiger partial charge in [-0.2, -0.15) is 0 Å². The number of halogens is 1. The molecule has 102 valence electrons. The van der Waals surface area contributed by atoms with E-state index in [1.807, 2.05) is 0 Å². The lowest BCUT2D eigenvalue weighted by Crippen LogP contribution is -2.36. The van der Waals surface area contributed by atoms with Gasteiger partial charge >= 0.3 is 0 Å². The van der Waals surface area contributed by atoms with Crippen LogP contribution in [-0.2, 0) is 0 Å². The molecule has 2 bridgehead atoms. The second kappa shape index (κ2) is 4.93. The predicted octanol–water partition coefficient (Wildman–Crippen LogP) is 2.50. The quantitative estimate of drug-likeness (QED) is 0.782. The Hall–Kier alpha value is -1.42. The van der Waals surface area contributed by atoms with Gasteiger partial charge in [0, 0.05) is 12.6 Å². The zero-order valence-electron chi connectivity index (χ0n) is 11.1. The Morgan fingerprint density at radius 2 is 2.32 bits per heavy atom. The highest BCUT2D eigenvalue weighted by Crippen LogP contribution is 2.37. The molecule has 1 aromatic rings. The van der Waals surface area contributed by atoms with Crippen molar-refractivity contribution in [2.45, 2.75) is 25.3 Å². The monoisotopic (exact) mass is 263 g/mol. The van der Waals surface area contributed by atoms with Crippen molar-refractivity contribution in [3.05, 3.63) is 29.6 Å². The van der Waals surface area contributed by atoms with Crippen LogP contribution >= 0.6 is 0 Å². The summed E-state index contributed by atoms with van der Waals surface area (Å²) in [7, 11) is 1.50. The molecule has 3 nitrogen and oxygen atoms in total. The summed E-state index contributed by atoms with van der Waals surface area (Å²) in [5.74, 6) is 0.763. The van der Waals surface area contributed by atoms with Crippen LogP contribution in [0.15, 0.2) is 18.2 Å². The number of benzene rings is 1. The molecule has 4 heteroatoms. The van der Waals surface area contributed by atoms with Gasteiger partial charge in [0.25, 0.3) is 0 Å². The third-order valence-electron chi connectivity index (χ3n) is 4.33. The molecule has 0 aromatic heterocycles. The number of likely N-dealkylation sites (tertiary alicyclic amines) is 1. The van der Waals surface area contributed by atoms with Gasteiger partial charge in [-0.15, -0.1) is 0 Å². The van der Waals surface area contributed by atoms with Crippen LogP contribution in [0.5, 0.6) is 5.75 Å². The summed E-state index contributed by atoms with van der Waals surface area (Å²) < 4.78 is 18.4. The van der Waals surface area contributed by atoms with Gasteiger partial charge in [0.2, 0.25) is 0 Å². The lowest BCUT2D eigenvalue weighted by molar-refractivity contribution is 0.0901. The number of carbonyl (C=O) groups is 1. The maximum atomic E-state index is 13.3. The summed E-state index contributed by atoms with van der Waals surface area (Å²) in [6.07, 6.45) is 3.70. The molecule has 0 radical (unpaired) electrons. The fourth-order valence-electron chi connectivity index (χ4n) is 3.39. The largest absolute Gasteiger partial charge is 0.496 e. The van der Waals surface area contributed by atoms with E-state index in [9.17, 15) is 9.18 Å². The Morgan fingerprint density at radius 3 is 2.95 bits per heavy atom. The Kier molecular flexibility index (Phi) is 3.27. The molecule has 3 rings (SSSR count). The van der Waals surface area contributed by atoms with Crippen molar-refractivity contribution in [2.75, 3.05) is 20.2 Å². The van der Waals surface area contributed by atoms with E-state index >= 15 is 0 Å². The smallest absolute Gasteiger partial charge is 0.180 e. The first-order valence-corrected chi connectivity index (χ1v) is 6.78. The maximum Gasteiger partial charge on any atom is 0.180 e. The SMILES string of the molecule is COc1ccc(F)cc1C(=O)CN1CC2CCC1C2. The minimum Gasteiger partial charge on any atom is -0.496 e.